The van der Waals surface area contributed by atoms with Crippen molar-refractivity contribution >= 4 is 10.1 Å². The maximum Gasteiger partial charge on any atom is 0.265 e. The summed E-state index contributed by atoms with van der Waals surface area (Å²) in [4.78, 5) is 0. The molecule has 0 bridgehead atoms. The second-order valence-corrected chi connectivity index (χ2v) is 14.9. The maximum atomic E-state index is 11.5. The van der Waals surface area contributed by atoms with Crippen molar-refractivity contribution in [2.24, 2.45) is 0 Å². The first-order valence-corrected chi connectivity index (χ1v) is 20.9. The molecule has 0 aromatic heterocycles. The molecule has 0 amide bonds. The van der Waals surface area contributed by atoms with Gasteiger partial charge in [-0.1, -0.05) is 156 Å². The summed E-state index contributed by atoms with van der Waals surface area (Å²) in [5.74, 6) is -0.184. The number of allylic oxidation sites excluding steroid dienone is 3. The summed E-state index contributed by atoms with van der Waals surface area (Å²) in [6, 6.07) is 0. The lowest BCUT2D eigenvalue weighted by atomic mass is 10.1. The second-order valence-electron chi connectivity index (χ2n) is 13.3. The highest BCUT2D eigenvalue weighted by atomic mass is 32.2. The number of hydrogen-bond acceptors (Lipinski definition) is 2. The van der Waals surface area contributed by atoms with Gasteiger partial charge in [0, 0.05) is 6.42 Å². The Morgan fingerprint density at radius 1 is 0.432 bits per heavy atom. The first-order chi connectivity index (χ1) is 21.4. The highest BCUT2D eigenvalue weighted by molar-refractivity contribution is 7.85. The van der Waals surface area contributed by atoms with Crippen molar-refractivity contribution in [1.82, 2.24) is 0 Å². The molecule has 260 valence electrons. The van der Waals surface area contributed by atoms with Crippen LogP contribution in [0.15, 0.2) is 36.8 Å². The molecule has 0 aromatic rings. The average Bonchev–Trinajstić information content (AvgIpc) is 2.99. The van der Waals surface area contributed by atoms with Gasteiger partial charge in [-0.2, -0.15) is 8.42 Å². The van der Waals surface area contributed by atoms with Crippen LogP contribution in [-0.4, -0.2) is 29.8 Å². The van der Waals surface area contributed by atoms with E-state index in [1.807, 2.05) is 0 Å². The lowest BCUT2D eigenvalue weighted by Crippen LogP contribution is -2.33. The van der Waals surface area contributed by atoms with Crippen molar-refractivity contribution in [2.45, 2.75) is 201 Å². The summed E-state index contributed by atoms with van der Waals surface area (Å²) in [5.41, 5.74) is 0. The molecule has 0 saturated carbocycles. The smallest absolute Gasteiger partial charge is 0.265 e. The van der Waals surface area contributed by atoms with E-state index in [1.165, 1.54) is 154 Å². The summed E-state index contributed by atoms with van der Waals surface area (Å²) < 4.78 is 33.0. The Bertz CT molecular complexity index is 713. The predicted molar refractivity (Wildman–Crippen MR) is 195 cm³/mol. The van der Waals surface area contributed by atoms with Crippen LogP contribution in [0.5, 0.6) is 0 Å². The number of nitrogens with zero attached hydrogens (tertiary/aromatic N) is 1. The van der Waals surface area contributed by atoms with E-state index in [0.29, 0.717) is 17.4 Å². The van der Waals surface area contributed by atoms with Gasteiger partial charge in [-0.05, 0) is 56.8 Å². The summed E-state index contributed by atoms with van der Waals surface area (Å²) in [5, 5.41) is 0. The zero-order chi connectivity index (χ0) is 32.5. The minimum absolute atomic E-state index is 0.184. The average molecular weight is 639 g/mol. The normalized spacial score (nSPS) is 12.9. The molecular formula is C39H76NO3S+. The van der Waals surface area contributed by atoms with Gasteiger partial charge in [-0.3, -0.25) is 4.55 Å². The van der Waals surface area contributed by atoms with Crippen LogP contribution < -0.4 is 0 Å². The van der Waals surface area contributed by atoms with Gasteiger partial charge in [-0.25, -0.2) is 4.48 Å². The van der Waals surface area contributed by atoms with E-state index < -0.39 is 10.1 Å². The third kappa shape index (κ3) is 31.1. The van der Waals surface area contributed by atoms with Gasteiger partial charge in [0.1, 0.15) is 18.6 Å². The van der Waals surface area contributed by atoms with E-state index in [0.717, 1.165) is 19.3 Å². The lowest BCUT2D eigenvalue weighted by Gasteiger charge is -2.27. The van der Waals surface area contributed by atoms with Gasteiger partial charge in [0.05, 0.1) is 12.3 Å². The van der Waals surface area contributed by atoms with E-state index >= 15 is 0 Å². The summed E-state index contributed by atoms with van der Waals surface area (Å²) in [6.45, 7) is 7.45. The van der Waals surface area contributed by atoms with Crippen LogP contribution in [0.1, 0.15) is 201 Å². The minimum atomic E-state index is -3.96. The summed E-state index contributed by atoms with van der Waals surface area (Å²) in [6.07, 6.45) is 49.1. The molecule has 0 atom stereocenters. The monoisotopic (exact) mass is 639 g/mol. The van der Waals surface area contributed by atoms with E-state index in [9.17, 15) is 13.0 Å². The topological polar surface area (TPSA) is 54.4 Å². The molecule has 4 nitrogen and oxygen atoms in total. The fraction of sp³-hybridized carbons (Fsp3) is 0.846. The Hall–Kier alpha value is -0.910. The molecule has 0 aromatic carbocycles. The van der Waals surface area contributed by atoms with Crippen LogP contribution in [0.3, 0.4) is 0 Å². The van der Waals surface area contributed by atoms with Crippen LogP contribution in [0.25, 0.3) is 0 Å². The Morgan fingerprint density at radius 2 is 0.705 bits per heavy atom. The van der Waals surface area contributed by atoms with Crippen molar-refractivity contribution in [3.8, 4) is 0 Å². The number of rotatable bonds is 34. The number of hydrogen-bond donors (Lipinski definition) is 1. The fourth-order valence-corrected chi connectivity index (χ4v) is 6.39. The molecule has 1 N–H and O–H groups in total. The van der Waals surface area contributed by atoms with E-state index in [4.69, 9.17) is 0 Å². The molecular weight excluding hydrogens is 563 g/mol. The molecule has 0 unspecified atom stereocenters. The van der Waals surface area contributed by atoms with Crippen LogP contribution in [0, 0.1) is 0 Å². The first-order valence-electron chi connectivity index (χ1n) is 19.2. The second kappa shape index (κ2) is 32.0. The molecule has 0 heterocycles. The predicted octanol–water partition coefficient (Wildman–Crippen LogP) is 13.2. The zero-order valence-corrected chi connectivity index (χ0v) is 30.6. The van der Waals surface area contributed by atoms with Gasteiger partial charge >= 0.3 is 0 Å². The molecule has 44 heavy (non-hydrogen) atoms. The lowest BCUT2D eigenvalue weighted by molar-refractivity contribution is -0.773. The minimum Gasteiger partial charge on any atom is -0.286 e. The molecule has 0 aliphatic rings. The van der Waals surface area contributed by atoms with Crippen molar-refractivity contribution in [1.29, 1.82) is 0 Å². The maximum absolute atomic E-state index is 11.5. The largest absolute Gasteiger partial charge is 0.286 e. The van der Waals surface area contributed by atoms with E-state index in [1.54, 1.807) is 0 Å². The SMILES string of the molecule is CCCCCCCCCC/C=C/[N+](/C=C/CCCCCCCCCC)(/C=C/CCCCCCCCCC)CCCS(=O)(=O)O. The van der Waals surface area contributed by atoms with Crippen LogP contribution in [0.4, 0.5) is 0 Å². The van der Waals surface area contributed by atoms with Crippen molar-refractivity contribution in [3.63, 3.8) is 0 Å². The Kier molecular flexibility index (Phi) is 31.4. The fourth-order valence-electron chi connectivity index (χ4n) is 5.89. The Labute approximate surface area is 276 Å². The number of unbranched alkanes of at least 4 members (excludes halogenated alkanes) is 24. The van der Waals surface area contributed by atoms with Gasteiger partial charge in [0.2, 0.25) is 0 Å². The molecule has 0 spiro atoms. The van der Waals surface area contributed by atoms with E-state index in [2.05, 4.69) is 57.6 Å². The summed E-state index contributed by atoms with van der Waals surface area (Å²) in [7, 11) is -3.96. The third-order valence-corrected chi connectivity index (χ3v) is 9.57. The van der Waals surface area contributed by atoms with Crippen molar-refractivity contribution in [3.05, 3.63) is 36.8 Å². The van der Waals surface area contributed by atoms with Crippen LogP contribution in [-0.2, 0) is 10.1 Å². The Morgan fingerprint density at radius 3 is 0.977 bits per heavy atom. The quantitative estimate of drug-likeness (QED) is 0.0433. The van der Waals surface area contributed by atoms with Gasteiger partial charge in [0.25, 0.3) is 10.1 Å². The molecule has 0 radical (unpaired) electrons. The number of quaternary nitrogens is 1. The standard InChI is InChI=1S/C39H75NO3S/c1-4-7-10-13-16-19-22-25-28-31-35-40(38-34-39-44(41,42)43,36-32-29-26-23-20-17-14-11-8-5-2)37-33-30-27-24-21-18-15-12-9-6-3/h31-33,35-37H,4-30,34,38-39H2,1-3H3/p+1/b35-31+,36-32+,37-33+. The van der Waals surface area contributed by atoms with Gasteiger partial charge in [-0.15, -0.1) is 0 Å². The summed E-state index contributed by atoms with van der Waals surface area (Å²) >= 11 is 0. The third-order valence-electron chi connectivity index (χ3n) is 8.77. The van der Waals surface area contributed by atoms with E-state index in [-0.39, 0.29) is 5.75 Å². The van der Waals surface area contributed by atoms with Crippen LogP contribution in [0.2, 0.25) is 0 Å². The Balaban J connectivity index is 5.13. The van der Waals surface area contributed by atoms with Gasteiger partial charge in [0.15, 0.2) is 0 Å². The zero-order valence-electron chi connectivity index (χ0n) is 29.8. The highest BCUT2D eigenvalue weighted by Crippen LogP contribution is 2.19. The van der Waals surface area contributed by atoms with Gasteiger partial charge < -0.3 is 0 Å². The molecule has 0 fully saturated rings. The molecule has 0 saturated heterocycles. The van der Waals surface area contributed by atoms with Crippen LogP contribution >= 0.6 is 0 Å². The molecule has 5 heteroatoms. The highest BCUT2D eigenvalue weighted by Gasteiger charge is 2.20. The molecule has 0 aliphatic carbocycles. The van der Waals surface area contributed by atoms with Crippen molar-refractivity contribution in [2.75, 3.05) is 12.3 Å². The molecule has 0 aliphatic heterocycles. The molecule has 0 rings (SSSR count). The first kappa shape index (κ1) is 43.1. The van der Waals surface area contributed by atoms with Crippen molar-refractivity contribution < 1.29 is 17.5 Å².